The molecular weight excluding hydrogens is 559 g/mol. The van der Waals surface area contributed by atoms with Crippen LogP contribution in [0.5, 0.6) is 5.75 Å². The Balaban J connectivity index is 1.54. The van der Waals surface area contributed by atoms with Gasteiger partial charge in [0.25, 0.3) is 0 Å². The van der Waals surface area contributed by atoms with Crippen LogP contribution in [0.3, 0.4) is 0 Å². The van der Waals surface area contributed by atoms with Crippen molar-refractivity contribution in [2.24, 2.45) is 5.11 Å². The van der Waals surface area contributed by atoms with Crippen LogP contribution in [0.4, 0.5) is 9.18 Å². The summed E-state index contributed by atoms with van der Waals surface area (Å²) in [6, 6.07) is 9.38. The van der Waals surface area contributed by atoms with E-state index in [4.69, 9.17) is 20.8 Å². The lowest BCUT2D eigenvalue weighted by Gasteiger charge is -2.24. The first-order valence-electron chi connectivity index (χ1n) is 12.5. The van der Waals surface area contributed by atoms with Crippen LogP contribution in [-0.4, -0.2) is 77.6 Å². The smallest absolute Gasteiger partial charge is 0.410 e. The van der Waals surface area contributed by atoms with Crippen molar-refractivity contribution in [3.8, 4) is 5.75 Å². The number of nitrogens with zero attached hydrogens (tertiary/aromatic N) is 4. The number of hydrogen-bond acceptors (Lipinski definition) is 8. The van der Waals surface area contributed by atoms with Gasteiger partial charge in [-0.1, -0.05) is 23.3 Å². The van der Waals surface area contributed by atoms with Crippen LogP contribution in [0.15, 0.2) is 46.9 Å². The number of carboxylic acid groups (broad SMARTS) is 1. The molecule has 2 heterocycles. The Bertz CT molecular complexity index is 1320. The number of halogens is 1. The van der Waals surface area contributed by atoms with E-state index in [2.05, 4.69) is 20.7 Å². The first-order valence-corrected chi connectivity index (χ1v) is 13.4. The molecule has 41 heavy (non-hydrogen) atoms. The van der Waals surface area contributed by atoms with Gasteiger partial charge in [0, 0.05) is 33.6 Å². The Morgan fingerprint density at radius 3 is 2.73 bits per heavy atom. The number of amidine groups is 1. The van der Waals surface area contributed by atoms with Gasteiger partial charge in [-0.05, 0) is 30.2 Å². The van der Waals surface area contributed by atoms with Crippen molar-refractivity contribution < 1.29 is 33.4 Å². The van der Waals surface area contributed by atoms with E-state index >= 15 is 4.39 Å². The number of nitrogens with one attached hydrogen (secondary N) is 4. The highest BCUT2D eigenvalue weighted by Gasteiger charge is 2.48. The molecule has 0 bridgehead atoms. The summed E-state index contributed by atoms with van der Waals surface area (Å²) in [4.78, 5) is 53.1. The number of benzene rings is 1. The van der Waals surface area contributed by atoms with Crippen LogP contribution in [0.1, 0.15) is 29.7 Å². The Labute approximate surface area is 238 Å². The molecule has 0 unspecified atom stereocenters. The number of likely N-dealkylation sites (tertiary alicyclic amines) is 1. The van der Waals surface area contributed by atoms with Crippen molar-refractivity contribution in [1.82, 2.24) is 20.9 Å². The average molecular weight is 589 g/mol. The van der Waals surface area contributed by atoms with Gasteiger partial charge in [-0.2, -0.15) is 0 Å². The minimum absolute atomic E-state index is 0.0141. The van der Waals surface area contributed by atoms with Crippen LogP contribution < -0.4 is 20.7 Å². The standard InChI is InChI=1S/C25H29FN8O6S/c26-25(14-31-33-28)10-19(23(37)30-11-18-9-16(13-41-18)22(27)32-24(38)39)34(15-25)21(36)12-29-20(35)7-4-8-40-17-5-2-1-3-6-17/h1-3,5-6,9,13,19H,4,7-8,10-12,14-15H2,(H2,27,32)(H,29,35)(H,30,37)(H,38,39)/t19-,25-/m0/s1. The van der Waals surface area contributed by atoms with E-state index in [1.165, 1.54) is 22.8 Å². The third-order valence-corrected chi connectivity index (χ3v) is 6.97. The predicted molar refractivity (Wildman–Crippen MR) is 146 cm³/mol. The number of carbonyl (C=O) groups is 4. The van der Waals surface area contributed by atoms with Crippen molar-refractivity contribution in [2.75, 3.05) is 26.2 Å². The van der Waals surface area contributed by atoms with E-state index < -0.39 is 61.6 Å². The van der Waals surface area contributed by atoms with Crippen LogP contribution in [0.2, 0.25) is 0 Å². The molecule has 0 spiro atoms. The van der Waals surface area contributed by atoms with Gasteiger partial charge in [0.1, 0.15) is 23.3 Å². The fourth-order valence-corrected chi connectivity index (χ4v) is 4.90. The van der Waals surface area contributed by atoms with Gasteiger partial charge in [0.15, 0.2) is 0 Å². The maximum atomic E-state index is 15.4. The molecule has 5 N–H and O–H groups in total. The number of rotatable bonds is 13. The topological polar surface area (TPSA) is 210 Å². The van der Waals surface area contributed by atoms with Gasteiger partial charge < -0.3 is 25.4 Å². The van der Waals surface area contributed by atoms with Gasteiger partial charge in [0.05, 0.1) is 32.8 Å². The fraction of sp³-hybridized carbons (Fsp3) is 0.400. The van der Waals surface area contributed by atoms with Crippen LogP contribution in [0, 0.1) is 5.41 Å². The Morgan fingerprint density at radius 1 is 1.27 bits per heavy atom. The van der Waals surface area contributed by atoms with Crippen molar-refractivity contribution in [3.05, 3.63) is 62.7 Å². The fourth-order valence-electron chi connectivity index (χ4n) is 4.09. The van der Waals surface area contributed by atoms with Crippen molar-refractivity contribution in [1.29, 1.82) is 5.41 Å². The Kier molecular flexibility index (Phi) is 11.0. The molecule has 1 saturated heterocycles. The van der Waals surface area contributed by atoms with E-state index in [0.717, 1.165) is 4.90 Å². The molecule has 14 nitrogen and oxygen atoms in total. The molecule has 218 valence electrons. The highest BCUT2D eigenvalue weighted by molar-refractivity contribution is 7.10. The number of azide groups is 1. The van der Waals surface area contributed by atoms with Gasteiger partial charge in [0.2, 0.25) is 17.7 Å². The minimum atomic E-state index is -2.13. The van der Waals surface area contributed by atoms with E-state index in [0.29, 0.717) is 29.2 Å². The number of hydrogen-bond donors (Lipinski definition) is 5. The first-order chi connectivity index (χ1) is 19.6. The van der Waals surface area contributed by atoms with Gasteiger partial charge in [-0.3, -0.25) is 25.1 Å². The van der Waals surface area contributed by atoms with Crippen LogP contribution in [0.25, 0.3) is 10.4 Å². The van der Waals surface area contributed by atoms with E-state index in [-0.39, 0.29) is 18.8 Å². The molecule has 1 aliphatic heterocycles. The van der Waals surface area contributed by atoms with Gasteiger partial charge >= 0.3 is 6.09 Å². The van der Waals surface area contributed by atoms with E-state index in [9.17, 15) is 19.2 Å². The van der Waals surface area contributed by atoms with Crippen LogP contribution >= 0.6 is 11.3 Å². The molecule has 1 aromatic heterocycles. The highest BCUT2D eigenvalue weighted by Crippen LogP contribution is 2.32. The SMILES string of the molecule is [N-]=[N+]=NC[C@@]1(F)C[C@@H](C(=O)NCc2cc(C(=N)NC(=O)O)cs2)N(C(=O)CNC(=O)CCCOc2ccccc2)C1. The number of para-hydroxylation sites is 1. The van der Waals surface area contributed by atoms with E-state index in [1.807, 2.05) is 23.5 Å². The summed E-state index contributed by atoms with van der Waals surface area (Å²) in [5.41, 5.74) is 6.79. The van der Waals surface area contributed by atoms with E-state index in [1.54, 1.807) is 12.1 Å². The third kappa shape index (κ3) is 9.47. The summed E-state index contributed by atoms with van der Waals surface area (Å²) < 4.78 is 20.9. The summed E-state index contributed by atoms with van der Waals surface area (Å²) in [6.45, 7) is -1.23. The molecule has 1 aromatic carbocycles. The second kappa shape index (κ2) is 14.6. The normalized spacial score (nSPS) is 17.7. The molecule has 1 fully saturated rings. The lowest BCUT2D eigenvalue weighted by molar-refractivity contribution is -0.138. The molecule has 0 saturated carbocycles. The minimum Gasteiger partial charge on any atom is -0.494 e. The van der Waals surface area contributed by atoms with Crippen molar-refractivity contribution in [3.63, 3.8) is 0 Å². The predicted octanol–water partition coefficient (Wildman–Crippen LogP) is 2.55. The lowest BCUT2D eigenvalue weighted by Crippen LogP contribution is -2.49. The molecule has 3 rings (SSSR count). The maximum absolute atomic E-state index is 15.4. The summed E-state index contributed by atoms with van der Waals surface area (Å²) in [6.07, 6.45) is -1.29. The number of alkyl halides is 1. The van der Waals surface area contributed by atoms with Crippen molar-refractivity contribution >= 4 is 41.0 Å². The Hall–Kier alpha value is -4.69. The molecular formula is C25H29FN8O6S. The Morgan fingerprint density at radius 2 is 2.02 bits per heavy atom. The van der Waals surface area contributed by atoms with Gasteiger partial charge in [-0.25, -0.2) is 9.18 Å². The molecule has 0 radical (unpaired) electrons. The second-order valence-corrected chi connectivity index (χ2v) is 10.1. The zero-order chi connectivity index (χ0) is 29.8. The maximum Gasteiger partial charge on any atom is 0.410 e. The first kappa shape index (κ1) is 30.8. The number of ether oxygens (including phenoxy) is 1. The molecule has 2 atom stereocenters. The summed E-state index contributed by atoms with van der Waals surface area (Å²) >= 11 is 1.17. The lowest BCUT2D eigenvalue weighted by atomic mass is 10.0. The number of carbonyl (C=O) groups excluding carboxylic acids is 3. The highest BCUT2D eigenvalue weighted by atomic mass is 32.1. The molecule has 1 aliphatic rings. The molecule has 16 heteroatoms. The summed E-state index contributed by atoms with van der Waals surface area (Å²) in [5.74, 6) is -1.40. The van der Waals surface area contributed by atoms with Gasteiger partial charge in [-0.15, -0.1) is 11.3 Å². The zero-order valence-electron chi connectivity index (χ0n) is 21.8. The average Bonchev–Trinajstić information content (AvgIpc) is 3.57. The molecule has 2 aromatic rings. The molecule has 0 aliphatic carbocycles. The largest absolute Gasteiger partial charge is 0.494 e. The quantitative estimate of drug-likeness (QED) is 0.0592. The monoisotopic (exact) mass is 588 g/mol. The summed E-state index contributed by atoms with van der Waals surface area (Å²) in [7, 11) is 0. The van der Waals surface area contributed by atoms with Crippen molar-refractivity contribution in [2.45, 2.75) is 37.5 Å². The number of thiophene rings is 1. The number of amides is 4. The molecule has 4 amide bonds. The summed E-state index contributed by atoms with van der Waals surface area (Å²) in [5, 5.41) is 28.3. The zero-order valence-corrected chi connectivity index (χ0v) is 22.7. The van der Waals surface area contributed by atoms with Crippen LogP contribution in [-0.2, 0) is 20.9 Å². The third-order valence-electron chi connectivity index (χ3n) is 6.04. The second-order valence-electron chi connectivity index (χ2n) is 9.15.